The molecule has 1 aromatic carbocycles. The van der Waals surface area contributed by atoms with E-state index in [-0.39, 0.29) is 0 Å². The molecule has 1 aliphatic carbocycles. The van der Waals surface area contributed by atoms with E-state index >= 15 is 0 Å². The molecule has 2 aromatic rings. The second kappa shape index (κ2) is 7.19. The number of nitrogens with zero attached hydrogens (tertiary/aromatic N) is 1. The van der Waals surface area contributed by atoms with E-state index in [0.29, 0.717) is 5.92 Å². The summed E-state index contributed by atoms with van der Waals surface area (Å²) < 4.78 is 0. The summed E-state index contributed by atoms with van der Waals surface area (Å²) in [7, 11) is 0. The monoisotopic (exact) mass is 335 g/mol. The van der Waals surface area contributed by atoms with Crippen molar-refractivity contribution in [3.05, 3.63) is 83.1 Å². The largest absolute Gasteiger partial charge is 0.252 e. The third-order valence-corrected chi connectivity index (χ3v) is 5.12. The SMILES string of the molecule is C=Cc1ccc2c(Cl)c3c(nc2c1)CC(C(=C)/C=C\C=C/C)CC3. The first-order valence-corrected chi connectivity index (χ1v) is 8.73. The molecule has 0 amide bonds. The van der Waals surface area contributed by atoms with Crippen LogP contribution in [-0.4, -0.2) is 4.98 Å². The standard InChI is InChI=1S/C22H22ClN/c1-4-6-7-8-15(3)17-10-12-19-21(14-17)24-20-13-16(5-2)9-11-18(20)22(19)23/h4-9,11,13,17H,2-3,10,12,14H2,1H3/b6-4-,8-7-. The van der Waals surface area contributed by atoms with Gasteiger partial charge in [-0.15, -0.1) is 0 Å². The maximum Gasteiger partial charge on any atom is 0.0726 e. The summed E-state index contributed by atoms with van der Waals surface area (Å²) in [6.07, 6.45) is 13.0. The molecular formula is C22H22ClN. The lowest BCUT2D eigenvalue weighted by Crippen LogP contribution is -2.17. The van der Waals surface area contributed by atoms with Gasteiger partial charge in [-0.3, -0.25) is 4.98 Å². The van der Waals surface area contributed by atoms with Crippen LogP contribution in [0.5, 0.6) is 0 Å². The molecule has 0 fully saturated rings. The topological polar surface area (TPSA) is 12.9 Å². The Kier molecular flexibility index (Phi) is 5.01. The predicted molar refractivity (Wildman–Crippen MR) is 105 cm³/mol. The summed E-state index contributed by atoms with van der Waals surface area (Å²) in [4.78, 5) is 4.90. The van der Waals surface area contributed by atoms with E-state index in [1.54, 1.807) is 0 Å². The number of fused-ring (bicyclic) bond motifs is 2. The first-order chi connectivity index (χ1) is 11.6. The van der Waals surface area contributed by atoms with Gasteiger partial charge in [0.1, 0.15) is 0 Å². The Morgan fingerprint density at radius 2 is 2.17 bits per heavy atom. The zero-order chi connectivity index (χ0) is 17.1. The highest BCUT2D eigenvalue weighted by atomic mass is 35.5. The van der Waals surface area contributed by atoms with Crippen LogP contribution in [-0.2, 0) is 12.8 Å². The smallest absolute Gasteiger partial charge is 0.0726 e. The van der Waals surface area contributed by atoms with Crippen molar-refractivity contribution in [2.24, 2.45) is 5.92 Å². The average Bonchev–Trinajstić information content (AvgIpc) is 2.61. The lowest BCUT2D eigenvalue weighted by atomic mass is 9.82. The minimum Gasteiger partial charge on any atom is -0.252 e. The molecule has 1 nitrogen and oxygen atoms in total. The van der Waals surface area contributed by atoms with Gasteiger partial charge < -0.3 is 0 Å². The Balaban J connectivity index is 1.95. The maximum atomic E-state index is 6.67. The van der Waals surface area contributed by atoms with Crippen molar-refractivity contribution >= 4 is 28.6 Å². The first-order valence-electron chi connectivity index (χ1n) is 8.35. The molecule has 0 N–H and O–H groups in total. The number of benzene rings is 1. The van der Waals surface area contributed by atoms with Crippen LogP contribution >= 0.6 is 11.6 Å². The van der Waals surface area contributed by atoms with Crippen LogP contribution in [0.3, 0.4) is 0 Å². The predicted octanol–water partition coefficient (Wildman–Crippen LogP) is 6.32. The number of aromatic nitrogens is 1. The van der Waals surface area contributed by atoms with Crippen LogP contribution in [0.1, 0.15) is 30.2 Å². The molecule has 0 saturated carbocycles. The molecule has 0 radical (unpaired) electrons. The molecule has 122 valence electrons. The van der Waals surface area contributed by atoms with E-state index in [2.05, 4.69) is 31.4 Å². The van der Waals surface area contributed by atoms with Gasteiger partial charge in [-0.05, 0) is 49.3 Å². The van der Waals surface area contributed by atoms with E-state index in [9.17, 15) is 0 Å². The van der Waals surface area contributed by atoms with Crippen LogP contribution < -0.4 is 0 Å². The Hall–Kier alpha value is -2.12. The van der Waals surface area contributed by atoms with E-state index in [1.165, 1.54) is 5.56 Å². The molecule has 1 atom stereocenters. The fourth-order valence-corrected chi connectivity index (χ4v) is 3.64. The van der Waals surface area contributed by atoms with Crippen molar-refractivity contribution in [1.82, 2.24) is 4.98 Å². The Morgan fingerprint density at radius 1 is 1.33 bits per heavy atom. The second-order valence-electron chi connectivity index (χ2n) is 6.23. The van der Waals surface area contributed by atoms with E-state index in [0.717, 1.165) is 52.0 Å². The van der Waals surface area contributed by atoms with Crippen LogP contribution in [0.4, 0.5) is 0 Å². The van der Waals surface area contributed by atoms with Gasteiger partial charge >= 0.3 is 0 Å². The number of hydrogen-bond donors (Lipinski definition) is 0. The highest BCUT2D eigenvalue weighted by molar-refractivity contribution is 6.36. The van der Waals surface area contributed by atoms with Gasteiger partial charge in [0, 0.05) is 11.1 Å². The van der Waals surface area contributed by atoms with E-state index < -0.39 is 0 Å². The summed E-state index contributed by atoms with van der Waals surface area (Å²) in [5.41, 5.74) is 5.50. The summed E-state index contributed by atoms with van der Waals surface area (Å²) in [6.45, 7) is 10.1. The van der Waals surface area contributed by atoms with Gasteiger partial charge in [-0.1, -0.05) is 72.8 Å². The molecule has 2 heteroatoms. The van der Waals surface area contributed by atoms with Gasteiger partial charge in [0.05, 0.1) is 10.5 Å². The third-order valence-electron chi connectivity index (χ3n) is 4.68. The highest BCUT2D eigenvalue weighted by Gasteiger charge is 2.24. The second-order valence-corrected chi connectivity index (χ2v) is 6.61. The number of allylic oxidation sites excluding steroid dienone is 5. The van der Waals surface area contributed by atoms with E-state index in [4.69, 9.17) is 16.6 Å². The molecule has 3 rings (SSSR count). The molecule has 1 heterocycles. The maximum absolute atomic E-state index is 6.67. The lowest BCUT2D eigenvalue weighted by molar-refractivity contribution is 0.527. The van der Waals surface area contributed by atoms with Gasteiger partial charge in [0.25, 0.3) is 0 Å². The number of rotatable bonds is 4. The van der Waals surface area contributed by atoms with Crippen molar-refractivity contribution in [1.29, 1.82) is 0 Å². The average molecular weight is 336 g/mol. The zero-order valence-electron chi connectivity index (χ0n) is 14.1. The summed E-state index contributed by atoms with van der Waals surface area (Å²) in [5, 5.41) is 1.89. The van der Waals surface area contributed by atoms with Crippen LogP contribution in [0.25, 0.3) is 17.0 Å². The highest BCUT2D eigenvalue weighted by Crippen LogP contribution is 2.36. The van der Waals surface area contributed by atoms with Crippen molar-refractivity contribution in [2.75, 3.05) is 0 Å². The summed E-state index contributed by atoms with van der Waals surface area (Å²) >= 11 is 6.67. The van der Waals surface area contributed by atoms with Gasteiger partial charge in [-0.25, -0.2) is 0 Å². The summed E-state index contributed by atoms with van der Waals surface area (Å²) in [6, 6.07) is 6.14. The molecular weight excluding hydrogens is 314 g/mol. The quantitative estimate of drug-likeness (QED) is 0.595. The molecule has 1 unspecified atom stereocenters. The Labute approximate surface area is 149 Å². The first kappa shape index (κ1) is 16.7. The molecule has 0 saturated heterocycles. The Morgan fingerprint density at radius 3 is 2.92 bits per heavy atom. The number of pyridine rings is 1. The fraction of sp³-hybridized carbons (Fsp3) is 0.227. The molecule has 0 spiro atoms. The zero-order valence-corrected chi connectivity index (χ0v) is 14.8. The molecule has 1 aromatic heterocycles. The summed E-state index contributed by atoms with van der Waals surface area (Å²) in [5.74, 6) is 0.433. The van der Waals surface area contributed by atoms with Crippen molar-refractivity contribution in [3.8, 4) is 0 Å². The fourth-order valence-electron chi connectivity index (χ4n) is 3.28. The number of hydrogen-bond acceptors (Lipinski definition) is 1. The van der Waals surface area contributed by atoms with Crippen molar-refractivity contribution in [2.45, 2.75) is 26.2 Å². The minimum absolute atomic E-state index is 0.433. The molecule has 0 bridgehead atoms. The third kappa shape index (κ3) is 3.22. The van der Waals surface area contributed by atoms with Gasteiger partial charge in [0.15, 0.2) is 0 Å². The molecule has 0 aliphatic heterocycles. The van der Waals surface area contributed by atoms with Crippen LogP contribution in [0, 0.1) is 5.92 Å². The van der Waals surface area contributed by atoms with Crippen molar-refractivity contribution < 1.29 is 0 Å². The lowest BCUT2D eigenvalue weighted by Gasteiger charge is -2.26. The van der Waals surface area contributed by atoms with Crippen LogP contribution in [0.15, 0.2) is 61.2 Å². The van der Waals surface area contributed by atoms with E-state index in [1.807, 2.05) is 37.3 Å². The van der Waals surface area contributed by atoms with Crippen molar-refractivity contribution in [3.63, 3.8) is 0 Å². The minimum atomic E-state index is 0.433. The Bertz CT molecular complexity index is 858. The molecule has 1 aliphatic rings. The normalized spacial score (nSPS) is 17.5. The van der Waals surface area contributed by atoms with Gasteiger partial charge in [-0.2, -0.15) is 0 Å². The van der Waals surface area contributed by atoms with Crippen LogP contribution in [0.2, 0.25) is 5.02 Å². The number of halogens is 1. The molecule has 24 heavy (non-hydrogen) atoms. The van der Waals surface area contributed by atoms with Gasteiger partial charge in [0.2, 0.25) is 0 Å².